The van der Waals surface area contributed by atoms with Gasteiger partial charge in [-0.2, -0.15) is 0 Å². The number of rotatable bonds is 3. The molecule has 0 aromatic heterocycles. The van der Waals surface area contributed by atoms with Gasteiger partial charge in [-0.05, 0) is 24.8 Å². The predicted molar refractivity (Wildman–Crippen MR) is 100 cm³/mol. The van der Waals surface area contributed by atoms with Crippen LogP contribution in [-0.4, -0.2) is 67.0 Å². The summed E-state index contributed by atoms with van der Waals surface area (Å²) in [6, 6.07) is 9.10. The van der Waals surface area contributed by atoms with Crippen molar-refractivity contribution in [1.29, 1.82) is 0 Å². The van der Waals surface area contributed by atoms with E-state index in [0.29, 0.717) is 39.0 Å². The third-order valence-electron chi connectivity index (χ3n) is 6.17. The smallest absolute Gasteiger partial charge is 0.311 e. The van der Waals surface area contributed by atoms with Crippen molar-refractivity contribution in [2.45, 2.75) is 31.3 Å². The highest BCUT2D eigenvalue weighted by atomic mass is 16.5. The molecule has 0 spiro atoms. The third-order valence-corrected chi connectivity index (χ3v) is 6.17. The molecule has 0 saturated carbocycles. The van der Waals surface area contributed by atoms with Crippen LogP contribution >= 0.6 is 0 Å². The van der Waals surface area contributed by atoms with E-state index in [0.717, 1.165) is 5.56 Å². The Bertz CT molecular complexity index is 746. The molecule has 3 atom stereocenters. The van der Waals surface area contributed by atoms with Crippen molar-refractivity contribution in [3.05, 3.63) is 35.9 Å². The molecule has 3 fully saturated rings. The van der Waals surface area contributed by atoms with Gasteiger partial charge in [0, 0.05) is 25.7 Å². The summed E-state index contributed by atoms with van der Waals surface area (Å²) in [6.07, 6.45) is 1.92. The van der Waals surface area contributed by atoms with Crippen molar-refractivity contribution in [1.82, 2.24) is 9.80 Å². The summed E-state index contributed by atoms with van der Waals surface area (Å²) in [7, 11) is 1.38. The highest BCUT2D eigenvalue weighted by Crippen LogP contribution is 2.43. The summed E-state index contributed by atoms with van der Waals surface area (Å²) in [5.74, 6) is -0.861. The Kier molecular flexibility index (Phi) is 5.35. The van der Waals surface area contributed by atoms with Gasteiger partial charge in [-0.25, -0.2) is 0 Å². The lowest BCUT2D eigenvalue weighted by atomic mass is 9.93. The molecule has 1 aromatic rings. The first-order valence-electron chi connectivity index (χ1n) is 9.90. The molecule has 4 rings (SSSR count). The molecular formula is C21H26N2O5. The van der Waals surface area contributed by atoms with Crippen molar-refractivity contribution in [2.75, 3.05) is 33.4 Å². The predicted octanol–water partition coefficient (Wildman–Crippen LogP) is 1.39. The van der Waals surface area contributed by atoms with Gasteiger partial charge < -0.3 is 19.3 Å². The van der Waals surface area contributed by atoms with E-state index >= 15 is 0 Å². The van der Waals surface area contributed by atoms with Crippen LogP contribution in [0.15, 0.2) is 30.3 Å². The molecule has 28 heavy (non-hydrogen) atoms. The van der Waals surface area contributed by atoms with Gasteiger partial charge in [-0.15, -0.1) is 0 Å². The first-order valence-corrected chi connectivity index (χ1v) is 9.90. The minimum absolute atomic E-state index is 0.0362. The topological polar surface area (TPSA) is 76.1 Å². The highest BCUT2D eigenvalue weighted by molar-refractivity contribution is 5.89. The number of nitrogens with zero attached hydrogens (tertiary/aromatic N) is 2. The minimum Gasteiger partial charge on any atom is -0.469 e. The largest absolute Gasteiger partial charge is 0.469 e. The van der Waals surface area contributed by atoms with Crippen LogP contribution in [-0.2, 0) is 23.9 Å². The minimum atomic E-state index is -0.417. The van der Waals surface area contributed by atoms with Gasteiger partial charge in [0.05, 0.1) is 31.7 Å². The summed E-state index contributed by atoms with van der Waals surface area (Å²) in [5, 5.41) is 0. The molecular weight excluding hydrogens is 360 g/mol. The lowest BCUT2D eigenvalue weighted by molar-refractivity contribution is -0.153. The van der Waals surface area contributed by atoms with E-state index in [2.05, 4.69) is 0 Å². The quantitative estimate of drug-likeness (QED) is 0.734. The average molecular weight is 386 g/mol. The molecule has 0 aliphatic carbocycles. The summed E-state index contributed by atoms with van der Waals surface area (Å²) >= 11 is 0. The van der Waals surface area contributed by atoms with E-state index in [1.807, 2.05) is 35.2 Å². The fourth-order valence-electron chi connectivity index (χ4n) is 4.83. The second-order valence-corrected chi connectivity index (χ2v) is 7.78. The Morgan fingerprint density at radius 2 is 1.86 bits per heavy atom. The molecule has 7 heteroatoms. The van der Waals surface area contributed by atoms with Gasteiger partial charge in [0.15, 0.2) is 0 Å². The standard InChI is InChI=1S/C21H26N2O5/c1-27-21(26)17-11-16-12-22(20(25)15-7-9-28-10-8-15)13-18(24)23(16)19(17)14-5-3-2-4-6-14/h2-6,15-17,19H,7-13H2,1H3/t16-,17-,19-/m0/s1. The van der Waals surface area contributed by atoms with Crippen LogP contribution in [0.3, 0.4) is 0 Å². The maximum absolute atomic E-state index is 13.1. The molecule has 2 amide bonds. The zero-order valence-electron chi connectivity index (χ0n) is 16.1. The summed E-state index contributed by atoms with van der Waals surface area (Å²) in [6.45, 7) is 1.73. The number of carbonyl (C=O) groups is 3. The fourth-order valence-corrected chi connectivity index (χ4v) is 4.83. The van der Waals surface area contributed by atoms with Crippen molar-refractivity contribution in [2.24, 2.45) is 11.8 Å². The summed E-state index contributed by atoms with van der Waals surface area (Å²) in [4.78, 5) is 41.9. The van der Waals surface area contributed by atoms with Crippen LogP contribution in [0.4, 0.5) is 0 Å². The first-order chi connectivity index (χ1) is 13.6. The molecule has 0 radical (unpaired) electrons. The van der Waals surface area contributed by atoms with Crippen LogP contribution in [0, 0.1) is 11.8 Å². The maximum Gasteiger partial charge on any atom is 0.311 e. The van der Waals surface area contributed by atoms with Gasteiger partial charge in [0.1, 0.15) is 0 Å². The Labute approximate surface area is 164 Å². The number of benzene rings is 1. The molecule has 1 aromatic carbocycles. The lowest BCUT2D eigenvalue weighted by Gasteiger charge is -2.41. The van der Waals surface area contributed by atoms with Crippen LogP contribution in [0.25, 0.3) is 0 Å². The Morgan fingerprint density at radius 3 is 2.54 bits per heavy atom. The number of ether oxygens (including phenoxy) is 2. The van der Waals surface area contributed by atoms with Crippen LogP contribution < -0.4 is 0 Å². The van der Waals surface area contributed by atoms with E-state index in [9.17, 15) is 14.4 Å². The SMILES string of the molecule is COC(=O)[C@H]1C[C@H]2CN(C(=O)C3CCOCC3)CC(=O)N2[C@H]1c1ccccc1. The normalized spacial score (nSPS) is 28.2. The zero-order chi connectivity index (χ0) is 19.7. The number of hydrogen-bond acceptors (Lipinski definition) is 5. The Morgan fingerprint density at radius 1 is 1.14 bits per heavy atom. The zero-order valence-corrected chi connectivity index (χ0v) is 16.1. The summed E-state index contributed by atoms with van der Waals surface area (Å²) < 4.78 is 10.4. The number of carbonyl (C=O) groups excluding carboxylic acids is 3. The van der Waals surface area contributed by atoms with Gasteiger partial charge >= 0.3 is 5.97 Å². The highest BCUT2D eigenvalue weighted by Gasteiger charge is 2.51. The monoisotopic (exact) mass is 386 g/mol. The van der Waals surface area contributed by atoms with Crippen LogP contribution in [0.1, 0.15) is 30.9 Å². The molecule has 3 saturated heterocycles. The number of fused-ring (bicyclic) bond motifs is 1. The first kappa shape index (κ1) is 18.9. The van der Waals surface area contributed by atoms with Gasteiger partial charge in [0.2, 0.25) is 11.8 Å². The number of esters is 1. The van der Waals surface area contributed by atoms with Crippen molar-refractivity contribution < 1.29 is 23.9 Å². The van der Waals surface area contributed by atoms with Crippen molar-refractivity contribution in [3.8, 4) is 0 Å². The average Bonchev–Trinajstić information content (AvgIpc) is 3.14. The van der Waals surface area contributed by atoms with Gasteiger partial charge in [-0.3, -0.25) is 14.4 Å². The lowest BCUT2D eigenvalue weighted by Crippen LogP contribution is -2.57. The second kappa shape index (κ2) is 7.91. The van der Waals surface area contributed by atoms with E-state index in [1.54, 1.807) is 4.90 Å². The second-order valence-electron chi connectivity index (χ2n) is 7.78. The Hall–Kier alpha value is -2.41. The van der Waals surface area contributed by atoms with E-state index in [1.165, 1.54) is 7.11 Å². The van der Waals surface area contributed by atoms with Gasteiger partial charge in [-0.1, -0.05) is 30.3 Å². The molecule has 3 aliphatic heterocycles. The van der Waals surface area contributed by atoms with Crippen molar-refractivity contribution >= 4 is 17.8 Å². The molecule has 0 bridgehead atoms. The molecule has 150 valence electrons. The van der Waals surface area contributed by atoms with E-state index < -0.39 is 5.92 Å². The van der Waals surface area contributed by atoms with Gasteiger partial charge in [0.25, 0.3) is 0 Å². The molecule has 3 heterocycles. The molecule has 7 nitrogen and oxygen atoms in total. The van der Waals surface area contributed by atoms with Crippen LogP contribution in [0.2, 0.25) is 0 Å². The molecule has 0 unspecified atom stereocenters. The molecule has 0 N–H and O–H groups in total. The Balaban J connectivity index is 1.57. The number of methoxy groups -OCH3 is 1. The number of piperazine rings is 1. The maximum atomic E-state index is 13.1. The molecule has 3 aliphatic rings. The van der Waals surface area contributed by atoms with E-state index in [4.69, 9.17) is 9.47 Å². The fraction of sp³-hybridized carbons (Fsp3) is 0.571. The van der Waals surface area contributed by atoms with Crippen LogP contribution in [0.5, 0.6) is 0 Å². The summed E-state index contributed by atoms with van der Waals surface area (Å²) in [5.41, 5.74) is 0.929. The van der Waals surface area contributed by atoms with Crippen molar-refractivity contribution in [3.63, 3.8) is 0 Å². The number of hydrogen-bond donors (Lipinski definition) is 0. The van der Waals surface area contributed by atoms with E-state index in [-0.39, 0.29) is 42.3 Å². The third kappa shape index (κ3) is 3.39. The number of amides is 2.